The predicted molar refractivity (Wildman–Crippen MR) is 67.6 cm³/mol. The Morgan fingerprint density at radius 3 is 2.35 bits per heavy atom. The van der Waals surface area contributed by atoms with E-state index in [0.29, 0.717) is 12.8 Å². The van der Waals surface area contributed by atoms with Gasteiger partial charge < -0.3 is 9.84 Å². The van der Waals surface area contributed by atoms with Crippen molar-refractivity contribution in [2.24, 2.45) is 10.8 Å². The lowest BCUT2D eigenvalue weighted by atomic mass is 9.57. The average molecular weight is 242 g/mol. The van der Waals surface area contributed by atoms with Gasteiger partial charge in [0.25, 0.3) is 0 Å². The van der Waals surface area contributed by atoms with Crippen LogP contribution in [0, 0.1) is 10.8 Å². The Morgan fingerprint density at radius 2 is 1.82 bits per heavy atom. The average Bonchev–Trinajstić information content (AvgIpc) is 2.21. The highest BCUT2D eigenvalue weighted by atomic mass is 16.5. The van der Waals surface area contributed by atoms with Gasteiger partial charge in [-0.2, -0.15) is 0 Å². The van der Waals surface area contributed by atoms with Gasteiger partial charge >= 0.3 is 5.97 Å². The van der Waals surface area contributed by atoms with Gasteiger partial charge in [0.2, 0.25) is 0 Å². The zero-order valence-electron chi connectivity index (χ0n) is 11.8. The number of carbonyl (C=O) groups excluding carboxylic acids is 1. The number of hydrogen-bond acceptors (Lipinski definition) is 3. The predicted octanol–water partition coefficient (Wildman–Crippen LogP) is 2.91. The second-order valence-corrected chi connectivity index (χ2v) is 6.83. The van der Waals surface area contributed by atoms with Gasteiger partial charge in [-0.3, -0.25) is 4.79 Å². The maximum Gasteiger partial charge on any atom is 0.305 e. The van der Waals surface area contributed by atoms with E-state index >= 15 is 0 Å². The van der Waals surface area contributed by atoms with Crippen LogP contribution in [0.1, 0.15) is 59.8 Å². The van der Waals surface area contributed by atoms with E-state index in [1.165, 1.54) is 7.11 Å². The quantitative estimate of drug-likeness (QED) is 0.774. The normalized spacial score (nSPS) is 30.9. The Labute approximate surface area is 105 Å². The summed E-state index contributed by atoms with van der Waals surface area (Å²) >= 11 is 0. The molecule has 17 heavy (non-hydrogen) atoms. The number of rotatable bonds is 3. The topological polar surface area (TPSA) is 46.5 Å². The third-order valence-corrected chi connectivity index (χ3v) is 4.43. The van der Waals surface area contributed by atoms with Crippen molar-refractivity contribution in [2.75, 3.05) is 7.11 Å². The van der Waals surface area contributed by atoms with E-state index in [0.717, 1.165) is 19.3 Å². The van der Waals surface area contributed by atoms with Gasteiger partial charge in [0, 0.05) is 6.42 Å². The minimum atomic E-state index is -0.761. The third-order valence-electron chi connectivity index (χ3n) is 4.43. The van der Waals surface area contributed by atoms with Crippen LogP contribution in [-0.4, -0.2) is 23.8 Å². The molecule has 0 amide bonds. The van der Waals surface area contributed by atoms with E-state index in [9.17, 15) is 9.90 Å². The van der Waals surface area contributed by atoms with E-state index in [-0.39, 0.29) is 16.8 Å². The maximum absolute atomic E-state index is 11.2. The highest BCUT2D eigenvalue weighted by Crippen LogP contribution is 2.52. The highest BCUT2D eigenvalue weighted by Gasteiger charge is 2.50. The molecule has 0 bridgehead atoms. The second kappa shape index (κ2) is 4.60. The molecule has 1 aliphatic rings. The van der Waals surface area contributed by atoms with Crippen molar-refractivity contribution >= 4 is 5.97 Å². The van der Waals surface area contributed by atoms with Crippen LogP contribution in [0.5, 0.6) is 0 Å². The van der Waals surface area contributed by atoms with Gasteiger partial charge in [-0.05, 0) is 36.5 Å². The van der Waals surface area contributed by atoms with Crippen molar-refractivity contribution in [1.82, 2.24) is 0 Å². The summed E-state index contributed by atoms with van der Waals surface area (Å²) in [5.74, 6) is -0.238. The summed E-state index contributed by atoms with van der Waals surface area (Å²) < 4.78 is 4.66. The van der Waals surface area contributed by atoms with E-state index in [1.807, 2.05) is 0 Å². The molecule has 1 aliphatic carbocycles. The third kappa shape index (κ3) is 3.21. The Kier molecular flexibility index (Phi) is 3.92. The molecule has 0 aromatic heterocycles. The van der Waals surface area contributed by atoms with Crippen molar-refractivity contribution < 1.29 is 14.6 Å². The summed E-state index contributed by atoms with van der Waals surface area (Å²) in [7, 11) is 1.39. The SMILES string of the molecule is COC(=O)CCC1(O)CC(C)(C)CCC1(C)C. The van der Waals surface area contributed by atoms with E-state index in [2.05, 4.69) is 32.4 Å². The molecule has 1 unspecified atom stereocenters. The molecule has 1 saturated carbocycles. The summed E-state index contributed by atoms with van der Waals surface area (Å²) in [4.78, 5) is 11.2. The standard InChI is InChI=1S/C14H26O3/c1-12(2)8-9-13(3,4)14(16,10-12)7-6-11(15)17-5/h16H,6-10H2,1-5H3. The number of methoxy groups -OCH3 is 1. The van der Waals surface area contributed by atoms with Crippen LogP contribution < -0.4 is 0 Å². The van der Waals surface area contributed by atoms with Crippen molar-refractivity contribution in [3.8, 4) is 0 Å². The molecule has 0 aromatic carbocycles. The van der Waals surface area contributed by atoms with E-state index in [4.69, 9.17) is 0 Å². The number of aliphatic hydroxyl groups is 1. The fraction of sp³-hybridized carbons (Fsp3) is 0.929. The Balaban J connectivity index is 2.77. The smallest absolute Gasteiger partial charge is 0.305 e. The first-order valence-corrected chi connectivity index (χ1v) is 6.41. The zero-order valence-corrected chi connectivity index (χ0v) is 11.8. The fourth-order valence-electron chi connectivity index (χ4n) is 2.84. The molecule has 0 saturated heterocycles. The molecule has 0 aromatic rings. The van der Waals surface area contributed by atoms with E-state index in [1.54, 1.807) is 0 Å². The Hall–Kier alpha value is -0.570. The van der Waals surface area contributed by atoms with E-state index < -0.39 is 5.60 Å². The van der Waals surface area contributed by atoms with Gasteiger partial charge in [-0.15, -0.1) is 0 Å². The van der Waals surface area contributed by atoms with Gasteiger partial charge in [0.1, 0.15) is 0 Å². The lowest BCUT2D eigenvalue weighted by Crippen LogP contribution is -2.51. The van der Waals surface area contributed by atoms with Gasteiger partial charge in [-0.25, -0.2) is 0 Å². The van der Waals surface area contributed by atoms with Crippen LogP contribution in [0.4, 0.5) is 0 Å². The molecule has 0 radical (unpaired) electrons. The summed E-state index contributed by atoms with van der Waals surface area (Å²) in [6.45, 7) is 8.57. The summed E-state index contributed by atoms with van der Waals surface area (Å²) in [6, 6.07) is 0. The van der Waals surface area contributed by atoms with Crippen molar-refractivity contribution in [3.63, 3.8) is 0 Å². The van der Waals surface area contributed by atoms with Crippen LogP contribution in [0.25, 0.3) is 0 Å². The zero-order chi connectivity index (χ0) is 13.3. The molecule has 1 fully saturated rings. The van der Waals surface area contributed by atoms with Crippen LogP contribution in [0.15, 0.2) is 0 Å². The first kappa shape index (κ1) is 14.5. The summed E-state index contributed by atoms with van der Waals surface area (Å²) in [6.07, 6.45) is 3.67. The molecule has 1 rings (SSSR count). The second-order valence-electron chi connectivity index (χ2n) is 6.83. The minimum absolute atomic E-state index is 0.128. The number of hydrogen-bond donors (Lipinski definition) is 1. The van der Waals surface area contributed by atoms with Gasteiger partial charge in [-0.1, -0.05) is 27.7 Å². The largest absolute Gasteiger partial charge is 0.469 e. The molecule has 100 valence electrons. The molecule has 0 spiro atoms. The first-order chi connectivity index (χ1) is 7.62. The minimum Gasteiger partial charge on any atom is -0.469 e. The number of esters is 1. The molecule has 3 heteroatoms. The van der Waals surface area contributed by atoms with Crippen LogP contribution in [-0.2, 0) is 9.53 Å². The molecular weight excluding hydrogens is 216 g/mol. The van der Waals surface area contributed by atoms with Gasteiger partial charge in [0.15, 0.2) is 0 Å². The summed E-state index contributed by atoms with van der Waals surface area (Å²) in [5.41, 5.74) is -0.736. The molecule has 1 N–H and O–H groups in total. The molecule has 3 nitrogen and oxygen atoms in total. The molecule has 0 heterocycles. The highest BCUT2D eigenvalue weighted by molar-refractivity contribution is 5.69. The summed E-state index contributed by atoms with van der Waals surface area (Å²) in [5, 5.41) is 10.9. The fourth-order valence-corrected chi connectivity index (χ4v) is 2.84. The molecule has 1 atom stereocenters. The van der Waals surface area contributed by atoms with Gasteiger partial charge in [0.05, 0.1) is 12.7 Å². The number of ether oxygens (including phenoxy) is 1. The van der Waals surface area contributed by atoms with Crippen molar-refractivity contribution in [3.05, 3.63) is 0 Å². The molecular formula is C14H26O3. The van der Waals surface area contributed by atoms with Crippen molar-refractivity contribution in [2.45, 2.75) is 65.4 Å². The lowest BCUT2D eigenvalue weighted by Gasteiger charge is -2.52. The monoisotopic (exact) mass is 242 g/mol. The first-order valence-electron chi connectivity index (χ1n) is 6.41. The number of carbonyl (C=O) groups is 1. The maximum atomic E-state index is 11.2. The lowest BCUT2D eigenvalue weighted by molar-refractivity contribution is -0.152. The van der Waals surface area contributed by atoms with Crippen molar-refractivity contribution in [1.29, 1.82) is 0 Å². The molecule has 0 aliphatic heterocycles. The Bertz CT molecular complexity index is 294. The Morgan fingerprint density at radius 1 is 1.24 bits per heavy atom. The van der Waals surface area contributed by atoms with Crippen LogP contribution in [0.2, 0.25) is 0 Å². The van der Waals surface area contributed by atoms with Crippen LogP contribution >= 0.6 is 0 Å². The van der Waals surface area contributed by atoms with Crippen LogP contribution in [0.3, 0.4) is 0 Å².